The first-order valence-electron chi connectivity index (χ1n) is 6.25. The van der Waals surface area contributed by atoms with Gasteiger partial charge in [0.2, 0.25) is 0 Å². The Labute approximate surface area is 92.0 Å². The summed E-state index contributed by atoms with van der Waals surface area (Å²) in [6, 6.07) is 7.13. The number of allylic oxidation sites excluding steroid dienone is 2. The fourth-order valence-corrected chi connectivity index (χ4v) is 2.87. The molecule has 78 valence electrons. The van der Waals surface area contributed by atoms with Crippen LogP contribution >= 0.6 is 0 Å². The van der Waals surface area contributed by atoms with Gasteiger partial charge in [-0.2, -0.15) is 0 Å². The molecule has 15 heavy (non-hydrogen) atoms. The van der Waals surface area contributed by atoms with Crippen molar-refractivity contribution < 1.29 is 0 Å². The molecule has 0 heteroatoms. The second kappa shape index (κ2) is 3.84. The van der Waals surface area contributed by atoms with Crippen molar-refractivity contribution in [1.82, 2.24) is 0 Å². The highest BCUT2D eigenvalue weighted by molar-refractivity contribution is 5.67. The highest BCUT2D eigenvalue weighted by Crippen LogP contribution is 2.30. The summed E-state index contributed by atoms with van der Waals surface area (Å²) in [6.07, 6.45) is 11.7. The molecule has 0 nitrogen and oxygen atoms in total. The number of fused-ring (bicyclic) bond motifs is 1. The van der Waals surface area contributed by atoms with Crippen LogP contribution in [0.25, 0.3) is 5.57 Å². The Morgan fingerprint density at radius 1 is 0.800 bits per heavy atom. The van der Waals surface area contributed by atoms with Crippen LogP contribution < -0.4 is 0 Å². The first-order chi connectivity index (χ1) is 7.43. The molecule has 1 aromatic rings. The molecule has 0 saturated heterocycles. The Morgan fingerprint density at radius 3 is 2.60 bits per heavy atom. The summed E-state index contributed by atoms with van der Waals surface area (Å²) >= 11 is 0. The zero-order chi connectivity index (χ0) is 10.1. The van der Waals surface area contributed by atoms with Gasteiger partial charge in [-0.1, -0.05) is 24.3 Å². The Kier molecular flexibility index (Phi) is 2.36. The van der Waals surface area contributed by atoms with Crippen LogP contribution in [0.15, 0.2) is 24.3 Å². The molecule has 0 heterocycles. The Morgan fingerprint density at radius 2 is 1.73 bits per heavy atom. The molecule has 2 aliphatic rings. The van der Waals surface area contributed by atoms with Crippen molar-refractivity contribution in [3.63, 3.8) is 0 Å². The van der Waals surface area contributed by atoms with Gasteiger partial charge < -0.3 is 0 Å². The fourth-order valence-electron chi connectivity index (χ4n) is 2.87. The number of hydrogen-bond donors (Lipinski definition) is 0. The van der Waals surface area contributed by atoms with Crippen LogP contribution in [-0.4, -0.2) is 0 Å². The van der Waals surface area contributed by atoms with E-state index in [-0.39, 0.29) is 0 Å². The number of benzene rings is 1. The highest BCUT2D eigenvalue weighted by Gasteiger charge is 2.13. The summed E-state index contributed by atoms with van der Waals surface area (Å²) in [5.41, 5.74) is 6.29. The summed E-state index contributed by atoms with van der Waals surface area (Å²) < 4.78 is 0. The van der Waals surface area contributed by atoms with E-state index in [0.717, 1.165) is 0 Å². The standard InChI is InChI=1S/C15H18/c1-2-5-12(6-3-1)15-10-9-13-7-4-8-14(13)11-15/h5,9-11H,1-4,6-8H2. The molecule has 0 radical (unpaired) electrons. The lowest BCUT2D eigenvalue weighted by atomic mass is 9.92. The fraction of sp³-hybridized carbons (Fsp3) is 0.467. The van der Waals surface area contributed by atoms with Crippen molar-refractivity contribution >= 4 is 5.57 Å². The molecular weight excluding hydrogens is 180 g/mol. The number of rotatable bonds is 1. The third kappa shape index (κ3) is 1.73. The number of hydrogen-bond acceptors (Lipinski definition) is 0. The predicted molar refractivity (Wildman–Crippen MR) is 64.9 cm³/mol. The SMILES string of the molecule is C1=C(c2ccc3c(c2)CCC3)CCCC1. The molecule has 0 atom stereocenters. The average molecular weight is 198 g/mol. The van der Waals surface area contributed by atoms with Gasteiger partial charge in [0.1, 0.15) is 0 Å². The molecule has 0 N–H and O–H groups in total. The van der Waals surface area contributed by atoms with Crippen LogP contribution in [-0.2, 0) is 12.8 Å². The Bertz CT molecular complexity index is 398. The van der Waals surface area contributed by atoms with E-state index in [4.69, 9.17) is 0 Å². The van der Waals surface area contributed by atoms with Gasteiger partial charge >= 0.3 is 0 Å². The maximum atomic E-state index is 2.44. The van der Waals surface area contributed by atoms with Gasteiger partial charge in [-0.3, -0.25) is 0 Å². The van der Waals surface area contributed by atoms with Gasteiger partial charge in [-0.05, 0) is 67.2 Å². The maximum absolute atomic E-state index is 2.44. The van der Waals surface area contributed by atoms with E-state index in [1.165, 1.54) is 50.5 Å². The van der Waals surface area contributed by atoms with Gasteiger partial charge in [-0.15, -0.1) is 0 Å². The van der Waals surface area contributed by atoms with E-state index in [0.29, 0.717) is 0 Å². The van der Waals surface area contributed by atoms with Crippen LogP contribution in [0.5, 0.6) is 0 Å². The lowest BCUT2D eigenvalue weighted by molar-refractivity contribution is 0.742. The lowest BCUT2D eigenvalue weighted by Crippen LogP contribution is -1.93. The molecule has 2 aliphatic carbocycles. The van der Waals surface area contributed by atoms with Crippen molar-refractivity contribution in [2.24, 2.45) is 0 Å². The number of aryl methyl sites for hydroxylation is 2. The van der Waals surface area contributed by atoms with E-state index in [1.54, 1.807) is 16.7 Å². The topological polar surface area (TPSA) is 0 Å². The van der Waals surface area contributed by atoms with Gasteiger partial charge in [0.15, 0.2) is 0 Å². The van der Waals surface area contributed by atoms with Crippen LogP contribution in [0, 0.1) is 0 Å². The third-order valence-corrected chi connectivity index (χ3v) is 3.76. The summed E-state index contributed by atoms with van der Waals surface area (Å²) in [5.74, 6) is 0. The normalized spacial score (nSPS) is 19.9. The monoisotopic (exact) mass is 198 g/mol. The molecule has 0 saturated carbocycles. The van der Waals surface area contributed by atoms with E-state index in [2.05, 4.69) is 24.3 Å². The predicted octanol–water partition coefficient (Wildman–Crippen LogP) is 4.13. The first kappa shape index (κ1) is 9.21. The zero-order valence-electron chi connectivity index (χ0n) is 9.26. The zero-order valence-corrected chi connectivity index (χ0v) is 9.26. The van der Waals surface area contributed by atoms with Crippen LogP contribution in [0.1, 0.15) is 48.8 Å². The summed E-state index contributed by atoms with van der Waals surface area (Å²) in [6.45, 7) is 0. The van der Waals surface area contributed by atoms with E-state index in [9.17, 15) is 0 Å². The van der Waals surface area contributed by atoms with Crippen LogP contribution in [0.3, 0.4) is 0 Å². The van der Waals surface area contributed by atoms with Gasteiger partial charge in [0.25, 0.3) is 0 Å². The minimum absolute atomic E-state index is 1.28. The summed E-state index contributed by atoms with van der Waals surface area (Å²) in [5, 5.41) is 0. The molecule has 0 unspecified atom stereocenters. The minimum Gasteiger partial charge on any atom is -0.0807 e. The van der Waals surface area contributed by atoms with Gasteiger partial charge in [0.05, 0.1) is 0 Å². The van der Waals surface area contributed by atoms with E-state index < -0.39 is 0 Å². The second-order valence-electron chi connectivity index (χ2n) is 4.81. The van der Waals surface area contributed by atoms with Crippen LogP contribution in [0.2, 0.25) is 0 Å². The molecule has 3 rings (SSSR count). The lowest BCUT2D eigenvalue weighted by Gasteiger charge is -2.13. The Hall–Kier alpha value is -1.04. The molecule has 0 aliphatic heterocycles. The average Bonchev–Trinajstić information content (AvgIpc) is 2.77. The van der Waals surface area contributed by atoms with Crippen molar-refractivity contribution in [2.75, 3.05) is 0 Å². The summed E-state index contributed by atoms with van der Waals surface area (Å²) in [4.78, 5) is 0. The minimum atomic E-state index is 1.28. The molecule has 0 amide bonds. The van der Waals surface area contributed by atoms with Gasteiger partial charge in [-0.25, -0.2) is 0 Å². The first-order valence-corrected chi connectivity index (χ1v) is 6.25. The molecule has 0 spiro atoms. The van der Waals surface area contributed by atoms with Crippen molar-refractivity contribution in [3.8, 4) is 0 Å². The van der Waals surface area contributed by atoms with Crippen molar-refractivity contribution in [1.29, 1.82) is 0 Å². The van der Waals surface area contributed by atoms with Crippen LogP contribution in [0.4, 0.5) is 0 Å². The van der Waals surface area contributed by atoms with Crippen molar-refractivity contribution in [2.45, 2.75) is 44.9 Å². The van der Waals surface area contributed by atoms with Gasteiger partial charge in [0, 0.05) is 0 Å². The molecular formula is C15H18. The molecule has 1 aromatic carbocycles. The third-order valence-electron chi connectivity index (χ3n) is 3.76. The quantitative estimate of drug-likeness (QED) is 0.636. The van der Waals surface area contributed by atoms with Crippen molar-refractivity contribution in [3.05, 3.63) is 41.0 Å². The highest BCUT2D eigenvalue weighted by atomic mass is 14.2. The molecule has 0 aromatic heterocycles. The Balaban J connectivity index is 1.95. The second-order valence-corrected chi connectivity index (χ2v) is 4.81. The van der Waals surface area contributed by atoms with E-state index in [1.807, 2.05) is 0 Å². The molecule has 0 fully saturated rings. The smallest absolute Gasteiger partial charge is 0.0225 e. The largest absolute Gasteiger partial charge is 0.0807 e. The summed E-state index contributed by atoms with van der Waals surface area (Å²) in [7, 11) is 0. The maximum Gasteiger partial charge on any atom is -0.0225 e. The molecule has 0 bridgehead atoms. The van der Waals surface area contributed by atoms with E-state index >= 15 is 0 Å².